The normalized spacial score (nSPS) is 17.6. The van der Waals surface area contributed by atoms with E-state index in [1.807, 2.05) is 6.07 Å². The van der Waals surface area contributed by atoms with Crippen molar-refractivity contribution in [2.24, 2.45) is 0 Å². The summed E-state index contributed by atoms with van der Waals surface area (Å²) in [7, 11) is -0.0905. The number of nitrogens with one attached hydrogen (secondary N) is 1. The molecule has 5 nitrogen and oxygen atoms in total. The van der Waals surface area contributed by atoms with E-state index in [1.165, 1.54) is 4.31 Å². The Labute approximate surface area is 114 Å². The molecule has 1 aromatic carbocycles. The summed E-state index contributed by atoms with van der Waals surface area (Å²) in [5.74, 6) is 0. The van der Waals surface area contributed by atoms with Gasteiger partial charge in [0, 0.05) is 33.4 Å². The molecule has 0 unspecified atom stereocenters. The molecule has 1 fully saturated rings. The fraction of sp³-hybridized carbons (Fsp3) is 0.538. The lowest BCUT2D eigenvalue weighted by Crippen LogP contribution is -2.40. The molecule has 1 saturated heterocycles. The predicted octanol–water partition coefficient (Wildman–Crippen LogP) is 1.53. The van der Waals surface area contributed by atoms with Crippen molar-refractivity contribution in [3.63, 3.8) is 0 Å². The highest BCUT2D eigenvalue weighted by Gasteiger charge is 2.30. The summed E-state index contributed by atoms with van der Waals surface area (Å²) in [4.78, 5) is 0.325. The number of benzene rings is 1. The van der Waals surface area contributed by atoms with Crippen molar-refractivity contribution in [1.29, 1.82) is 0 Å². The molecule has 0 radical (unpaired) electrons. The monoisotopic (exact) mass is 284 g/mol. The molecule has 1 aliphatic rings. The van der Waals surface area contributed by atoms with Gasteiger partial charge in [0.2, 0.25) is 10.0 Å². The minimum absolute atomic E-state index is 0.0173. The average Bonchev–Trinajstić information content (AvgIpc) is 2.47. The molecular weight excluding hydrogens is 264 g/mol. The topological polar surface area (TPSA) is 58.6 Å². The number of rotatable bonds is 4. The first-order valence-corrected chi connectivity index (χ1v) is 7.84. The lowest BCUT2D eigenvalue weighted by atomic mass is 10.1. The van der Waals surface area contributed by atoms with E-state index in [0.29, 0.717) is 23.8 Å². The van der Waals surface area contributed by atoms with Gasteiger partial charge in [0.05, 0.1) is 5.69 Å². The summed E-state index contributed by atoms with van der Waals surface area (Å²) in [6.07, 6.45) is 1.49. The third kappa shape index (κ3) is 2.91. The van der Waals surface area contributed by atoms with Crippen molar-refractivity contribution in [2.75, 3.05) is 32.6 Å². The van der Waals surface area contributed by atoms with Gasteiger partial charge < -0.3 is 10.1 Å². The van der Waals surface area contributed by atoms with E-state index in [0.717, 1.165) is 12.8 Å². The van der Waals surface area contributed by atoms with Crippen LogP contribution in [-0.2, 0) is 14.8 Å². The minimum atomic E-state index is -3.47. The van der Waals surface area contributed by atoms with Gasteiger partial charge >= 0.3 is 0 Å². The Morgan fingerprint density at radius 3 is 2.53 bits per heavy atom. The SMILES string of the molecule is CNc1ccccc1S(=O)(=O)N(C)C1CCOCC1. The maximum atomic E-state index is 12.7. The van der Waals surface area contributed by atoms with Crippen molar-refractivity contribution in [3.05, 3.63) is 24.3 Å². The number of hydrogen-bond donors (Lipinski definition) is 1. The second kappa shape index (κ2) is 5.90. The molecule has 0 amide bonds. The Bertz CT molecular complexity index is 524. The second-order valence-corrected chi connectivity index (χ2v) is 6.58. The Hall–Kier alpha value is -1.11. The van der Waals surface area contributed by atoms with Gasteiger partial charge in [0.1, 0.15) is 4.90 Å². The van der Waals surface area contributed by atoms with Gasteiger partial charge in [-0.15, -0.1) is 0 Å². The van der Waals surface area contributed by atoms with Crippen LogP contribution in [0.3, 0.4) is 0 Å². The summed E-state index contributed by atoms with van der Waals surface area (Å²) < 4.78 is 32.1. The largest absolute Gasteiger partial charge is 0.387 e. The van der Waals surface area contributed by atoms with Crippen LogP contribution in [0.2, 0.25) is 0 Å². The van der Waals surface area contributed by atoms with Crippen molar-refractivity contribution in [1.82, 2.24) is 4.31 Å². The maximum absolute atomic E-state index is 12.7. The molecule has 0 spiro atoms. The number of hydrogen-bond acceptors (Lipinski definition) is 4. The highest BCUT2D eigenvalue weighted by Crippen LogP contribution is 2.26. The molecular formula is C13H20N2O3S. The molecule has 2 rings (SSSR count). The number of sulfonamides is 1. The number of para-hydroxylation sites is 1. The molecule has 0 aromatic heterocycles. The quantitative estimate of drug-likeness (QED) is 0.911. The second-order valence-electron chi connectivity index (χ2n) is 4.61. The molecule has 1 N–H and O–H groups in total. The summed E-state index contributed by atoms with van der Waals surface area (Å²) in [5, 5.41) is 2.93. The molecule has 6 heteroatoms. The summed E-state index contributed by atoms with van der Waals surface area (Å²) in [6, 6.07) is 6.98. The predicted molar refractivity (Wildman–Crippen MR) is 74.8 cm³/mol. The van der Waals surface area contributed by atoms with Crippen LogP contribution in [0.1, 0.15) is 12.8 Å². The van der Waals surface area contributed by atoms with Crippen LogP contribution in [0.15, 0.2) is 29.2 Å². The van der Waals surface area contributed by atoms with Crippen LogP contribution in [0.25, 0.3) is 0 Å². The molecule has 1 aliphatic heterocycles. The van der Waals surface area contributed by atoms with E-state index >= 15 is 0 Å². The molecule has 106 valence electrons. The Morgan fingerprint density at radius 1 is 1.26 bits per heavy atom. The van der Waals surface area contributed by atoms with Gasteiger partial charge in [-0.3, -0.25) is 0 Å². The van der Waals surface area contributed by atoms with Crippen LogP contribution >= 0.6 is 0 Å². The van der Waals surface area contributed by atoms with Crippen LogP contribution in [0, 0.1) is 0 Å². The fourth-order valence-corrected chi connectivity index (χ4v) is 3.91. The zero-order valence-electron chi connectivity index (χ0n) is 11.3. The highest BCUT2D eigenvalue weighted by atomic mass is 32.2. The first-order chi connectivity index (χ1) is 9.07. The zero-order valence-corrected chi connectivity index (χ0v) is 12.1. The summed E-state index contributed by atoms with van der Waals surface area (Å²) in [5.41, 5.74) is 0.626. The van der Waals surface area contributed by atoms with Gasteiger partial charge in [-0.05, 0) is 25.0 Å². The Balaban J connectivity index is 2.30. The maximum Gasteiger partial charge on any atom is 0.245 e. The standard InChI is InChI=1S/C13H20N2O3S/c1-14-12-5-3-4-6-13(12)19(16,17)15(2)11-7-9-18-10-8-11/h3-6,11,14H,7-10H2,1-2H3. The van der Waals surface area contributed by atoms with E-state index < -0.39 is 10.0 Å². The van der Waals surface area contributed by atoms with Crippen LogP contribution in [-0.4, -0.2) is 46.1 Å². The third-order valence-electron chi connectivity index (χ3n) is 3.52. The lowest BCUT2D eigenvalue weighted by molar-refractivity contribution is 0.0632. The molecule has 1 heterocycles. The minimum Gasteiger partial charge on any atom is -0.387 e. The van der Waals surface area contributed by atoms with Crippen LogP contribution in [0.4, 0.5) is 5.69 Å². The Kier molecular flexibility index (Phi) is 4.44. The van der Waals surface area contributed by atoms with E-state index in [4.69, 9.17) is 4.74 Å². The number of nitrogens with zero attached hydrogens (tertiary/aromatic N) is 1. The third-order valence-corrected chi connectivity index (χ3v) is 5.49. The van der Waals surface area contributed by atoms with Gasteiger partial charge in [-0.1, -0.05) is 12.1 Å². The average molecular weight is 284 g/mol. The molecule has 19 heavy (non-hydrogen) atoms. The molecule has 0 atom stereocenters. The van der Waals surface area contributed by atoms with Crippen LogP contribution < -0.4 is 5.32 Å². The lowest BCUT2D eigenvalue weighted by Gasteiger charge is -2.30. The van der Waals surface area contributed by atoms with Crippen LogP contribution in [0.5, 0.6) is 0 Å². The van der Waals surface area contributed by atoms with Crippen molar-refractivity contribution in [2.45, 2.75) is 23.8 Å². The fourth-order valence-electron chi connectivity index (χ4n) is 2.30. The van der Waals surface area contributed by atoms with E-state index in [1.54, 1.807) is 32.3 Å². The van der Waals surface area contributed by atoms with Crippen molar-refractivity contribution >= 4 is 15.7 Å². The van der Waals surface area contributed by atoms with Gasteiger partial charge in [-0.25, -0.2) is 8.42 Å². The Morgan fingerprint density at radius 2 is 1.89 bits per heavy atom. The summed E-state index contributed by atoms with van der Waals surface area (Å²) in [6.45, 7) is 1.25. The van der Waals surface area contributed by atoms with E-state index in [-0.39, 0.29) is 6.04 Å². The number of ether oxygens (including phenoxy) is 1. The molecule has 0 bridgehead atoms. The van der Waals surface area contributed by atoms with Gasteiger partial charge in [0.15, 0.2) is 0 Å². The summed E-state index contributed by atoms with van der Waals surface area (Å²) >= 11 is 0. The van der Waals surface area contributed by atoms with Crippen molar-refractivity contribution in [3.8, 4) is 0 Å². The van der Waals surface area contributed by atoms with Crippen molar-refractivity contribution < 1.29 is 13.2 Å². The van der Waals surface area contributed by atoms with E-state index in [2.05, 4.69) is 5.32 Å². The molecule has 0 saturated carbocycles. The first kappa shape index (κ1) is 14.3. The van der Waals surface area contributed by atoms with Gasteiger partial charge in [-0.2, -0.15) is 4.31 Å². The smallest absolute Gasteiger partial charge is 0.245 e. The highest BCUT2D eigenvalue weighted by molar-refractivity contribution is 7.89. The van der Waals surface area contributed by atoms with E-state index in [9.17, 15) is 8.42 Å². The molecule has 0 aliphatic carbocycles. The first-order valence-electron chi connectivity index (χ1n) is 6.40. The molecule has 1 aromatic rings. The number of anilines is 1. The zero-order chi connectivity index (χ0) is 13.9. The van der Waals surface area contributed by atoms with Gasteiger partial charge in [0.25, 0.3) is 0 Å².